The Hall–Kier alpha value is -7.52. The second-order valence-electron chi connectivity index (χ2n) is 14.7. The van der Waals surface area contributed by atoms with Crippen molar-refractivity contribution in [2.75, 3.05) is 0 Å². The summed E-state index contributed by atoms with van der Waals surface area (Å²) in [6, 6.07) is 49.4. The monoisotopic (exact) mass is 726 g/mol. The summed E-state index contributed by atoms with van der Waals surface area (Å²) in [5.41, 5.74) is 5.01. The molecule has 6 aromatic carbocycles. The van der Waals surface area contributed by atoms with Crippen LogP contribution in [0.25, 0.3) is 43.1 Å². The third kappa shape index (κ3) is 5.09. The average Bonchev–Trinajstić information content (AvgIpc) is 3.97. The average molecular weight is 727 g/mol. The Kier molecular flexibility index (Phi) is 6.99. The highest BCUT2D eigenvalue weighted by molar-refractivity contribution is 6.04. The van der Waals surface area contributed by atoms with Gasteiger partial charge in [0.05, 0.1) is 5.39 Å². The number of aromatic nitrogens is 4. The first kappa shape index (κ1) is 32.0. The third-order valence-electron chi connectivity index (χ3n) is 11.0. The lowest BCUT2D eigenvalue weighted by Crippen LogP contribution is -2.18. The molecule has 56 heavy (non-hydrogen) atoms. The van der Waals surface area contributed by atoms with Crippen molar-refractivity contribution in [3.8, 4) is 11.5 Å². The van der Waals surface area contributed by atoms with Crippen molar-refractivity contribution < 1.29 is 4.74 Å². The van der Waals surface area contributed by atoms with Crippen LogP contribution in [0.5, 0.6) is 11.5 Å². The van der Waals surface area contributed by atoms with E-state index in [1.54, 1.807) is 0 Å². The van der Waals surface area contributed by atoms with E-state index < -0.39 is 0 Å². The van der Waals surface area contributed by atoms with E-state index in [9.17, 15) is 0 Å². The second-order valence-corrected chi connectivity index (χ2v) is 14.7. The predicted octanol–water partition coefficient (Wildman–Crippen LogP) is 9.85. The first-order valence-electron chi connectivity index (χ1n) is 18.7. The van der Waals surface area contributed by atoms with Crippen LogP contribution in [0.15, 0.2) is 166 Å². The van der Waals surface area contributed by atoms with E-state index in [1.807, 2.05) is 72.8 Å². The molecule has 0 spiro atoms. The molecule has 9 nitrogen and oxygen atoms in total. The lowest BCUT2D eigenvalue weighted by molar-refractivity contribution is 0.487. The number of aromatic amines is 4. The van der Waals surface area contributed by atoms with E-state index in [1.165, 1.54) is 11.1 Å². The number of H-pyrrole nitrogens is 4. The van der Waals surface area contributed by atoms with Gasteiger partial charge in [-0.15, -0.1) is 0 Å². The fraction of sp³-hybridized carbons (Fsp3) is 0.0638. The number of nitrogens with one attached hydrogen (secondary N) is 4. The highest BCUT2D eigenvalue weighted by atomic mass is 16.5. The van der Waals surface area contributed by atoms with Crippen LogP contribution in [0.1, 0.15) is 25.0 Å². The van der Waals surface area contributed by atoms with Gasteiger partial charge >= 0.3 is 0 Å². The summed E-state index contributed by atoms with van der Waals surface area (Å²) >= 11 is 0. The van der Waals surface area contributed by atoms with Crippen LogP contribution < -0.4 is 26.7 Å². The summed E-state index contributed by atoms with van der Waals surface area (Å²) in [6.45, 7) is 4.49. The fourth-order valence-corrected chi connectivity index (χ4v) is 7.96. The third-order valence-corrected chi connectivity index (χ3v) is 11.0. The molecule has 1 aliphatic heterocycles. The van der Waals surface area contributed by atoms with Crippen LogP contribution in [0.3, 0.4) is 0 Å². The molecule has 5 heterocycles. The fourth-order valence-electron chi connectivity index (χ4n) is 7.96. The van der Waals surface area contributed by atoms with Crippen molar-refractivity contribution in [2.45, 2.75) is 19.3 Å². The number of hydrogen-bond donors (Lipinski definition) is 4. The summed E-state index contributed by atoms with van der Waals surface area (Å²) < 4.78 is 6.72. The van der Waals surface area contributed by atoms with Crippen LogP contribution in [0.4, 0.5) is 23.3 Å². The maximum absolute atomic E-state index is 6.72. The van der Waals surface area contributed by atoms with Crippen molar-refractivity contribution in [1.29, 1.82) is 0 Å². The first-order valence-corrected chi connectivity index (χ1v) is 18.7. The van der Waals surface area contributed by atoms with Gasteiger partial charge in [0.25, 0.3) is 0 Å². The number of rotatable bonds is 4. The van der Waals surface area contributed by atoms with Crippen LogP contribution in [0.2, 0.25) is 0 Å². The Morgan fingerprint density at radius 1 is 0.375 bits per heavy atom. The Morgan fingerprint density at radius 2 is 0.786 bits per heavy atom. The van der Waals surface area contributed by atoms with Crippen LogP contribution in [-0.4, -0.2) is 19.9 Å². The molecule has 0 atom stereocenters. The minimum Gasteiger partial charge on any atom is -0.457 e. The second kappa shape index (κ2) is 12.3. The molecule has 10 aromatic rings. The van der Waals surface area contributed by atoms with Gasteiger partial charge in [-0.3, -0.25) is 0 Å². The number of nitrogens with zero attached hydrogens (tertiary/aromatic N) is 4. The molecule has 8 bridgehead atoms. The number of fused-ring (bicyclic) bond motifs is 20. The van der Waals surface area contributed by atoms with E-state index >= 15 is 0 Å². The lowest BCUT2D eigenvalue weighted by Gasteiger charge is -2.26. The summed E-state index contributed by atoms with van der Waals surface area (Å²) in [5.74, 6) is 4.03. The summed E-state index contributed by atoms with van der Waals surface area (Å²) in [7, 11) is 0. The van der Waals surface area contributed by atoms with Gasteiger partial charge in [0, 0.05) is 43.1 Å². The smallest absolute Gasteiger partial charge is 0.145 e. The SMILES string of the molecule is CC(C)(c1ccccc1)c1ccc(Oc2cccc3c4[nH]c(c23)N=c2[nH]c(c3ccccc23)=Nc2[nH]c(c3ccccc23)N=c2[nH]c(c3ccccc23)=N4)cc1. The highest BCUT2D eigenvalue weighted by Crippen LogP contribution is 2.42. The largest absolute Gasteiger partial charge is 0.457 e. The zero-order chi connectivity index (χ0) is 37.4. The van der Waals surface area contributed by atoms with Crippen molar-refractivity contribution in [2.24, 2.45) is 20.0 Å². The molecule has 1 aliphatic rings. The van der Waals surface area contributed by atoms with Crippen LogP contribution in [0, 0.1) is 0 Å². The molecule has 268 valence electrons. The topological polar surface area (TPSA) is 122 Å². The van der Waals surface area contributed by atoms with Gasteiger partial charge < -0.3 is 24.7 Å². The molecule has 0 amide bonds. The molecule has 9 heteroatoms. The predicted molar refractivity (Wildman–Crippen MR) is 222 cm³/mol. The van der Waals surface area contributed by atoms with Crippen molar-refractivity contribution >= 4 is 66.4 Å². The van der Waals surface area contributed by atoms with E-state index in [2.05, 4.69) is 107 Å². The van der Waals surface area contributed by atoms with Gasteiger partial charge in [-0.1, -0.05) is 141 Å². The highest BCUT2D eigenvalue weighted by Gasteiger charge is 2.23. The van der Waals surface area contributed by atoms with Gasteiger partial charge in [-0.25, -0.2) is 20.0 Å². The molecule has 0 saturated carbocycles. The van der Waals surface area contributed by atoms with Crippen molar-refractivity contribution in [1.82, 2.24) is 19.9 Å². The van der Waals surface area contributed by atoms with Crippen LogP contribution >= 0.6 is 0 Å². The maximum atomic E-state index is 6.72. The standard InChI is InChI=1S/C47H34N8O/c1-47(2,27-13-4-3-5-14-27)28-23-25-29(26-24-28)56-37-22-12-21-36-38(37)46-54-44-35-20-11-10-19-34(35)42(52-44)50-40-31-16-7-6-15-30(31)39(48-40)49-41-32-17-8-9-18-33(32)43(51-41)53-45(36)55-46/h3-26H,1-2H3,(H4,48,49,50,51,52,53,54,55). The van der Waals surface area contributed by atoms with E-state index in [4.69, 9.17) is 24.7 Å². The van der Waals surface area contributed by atoms with Gasteiger partial charge in [-0.05, 0) is 29.3 Å². The minimum absolute atomic E-state index is 0.169. The maximum Gasteiger partial charge on any atom is 0.145 e. The normalized spacial score (nSPS) is 12.7. The van der Waals surface area contributed by atoms with E-state index in [-0.39, 0.29) is 5.41 Å². The summed E-state index contributed by atoms with van der Waals surface area (Å²) in [5, 5.41) is 7.39. The Labute approximate surface area is 319 Å². The quantitative estimate of drug-likeness (QED) is 0.142. The molecule has 0 saturated heterocycles. The van der Waals surface area contributed by atoms with Crippen molar-refractivity contribution in [3.63, 3.8) is 0 Å². The van der Waals surface area contributed by atoms with E-state index in [0.29, 0.717) is 51.0 Å². The molecule has 0 fully saturated rings. The molecular formula is C47H34N8O. The van der Waals surface area contributed by atoms with Gasteiger partial charge in [-0.2, -0.15) is 0 Å². The lowest BCUT2D eigenvalue weighted by atomic mass is 9.78. The Bertz CT molecular complexity index is 3420. The summed E-state index contributed by atoms with van der Waals surface area (Å²) in [6.07, 6.45) is 0. The molecule has 11 rings (SSSR count). The number of benzene rings is 6. The van der Waals surface area contributed by atoms with Crippen molar-refractivity contribution in [3.05, 3.63) is 179 Å². The zero-order valence-corrected chi connectivity index (χ0v) is 30.6. The number of hydrogen-bond acceptors (Lipinski definition) is 5. The molecule has 0 aliphatic carbocycles. The van der Waals surface area contributed by atoms with Gasteiger partial charge in [0.15, 0.2) is 0 Å². The Morgan fingerprint density at radius 3 is 1.32 bits per heavy atom. The van der Waals surface area contributed by atoms with Crippen LogP contribution in [-0.2, 0) is 5.41 Å². The number of ether oxygens (including phenoxy) is 1. The molecule has 4 aromatic heterocycles. The zero-order valence-electron chi connectivity index (χ0n) is 30.6. The summed E-state index contributed by atoms with van der Waals surface area (Å²) in [4.78, 5) is 35.0. The Balaban J connectivity index is 1.16. The minimum atomic E-state index is -0.169. The van der Waals surface area contributed by atoms with Gasteiger partial charge in [0.1, 0.15) is 56.7 Å². The molecule has 0 radical (unpaired) electrons. The van der Waals surface area contributed by atoms with E-state index in [0.717, 1.165) is 48.8 Å². The van der Waals surface area contributed by atoms with Gasteiger partial charge in [0.2, 0.25) is 0 Å². The molecule has 4 N–H and O–H groups in total. The molecule has 0 unspecified atom stereocenters. The first-order chi connectivity index (χ1) is 27.5. The molecular weight excluding hydrogens is 693 g/mol.